The van der Waals surface area contributed by atoms with Gasteiger partial charge in [-0.25, -0.2) is 15.0 Å². The van der Waals surface area contributed by atoms with E-state index in [1.165, 1.54) is 41.4 Å². The zero-order valence-electron chi connectivity index (χ0n) is 26.6. The molecule has 260 valence electrons. The molecule has 1 unspecified atom stereocenters. The minimum Gasteiger partial charge on any atom is -0.508 e. The molecule has 4 aromatic heterocycles. The van der Waals surface area contributed by atoms with Gasteiger partial charge >= 0.3 is 6.18 Å². The number of hydrogen-bond acceptors (Lipinski definition) is 11. The molecule has 12 nitrogen and oxygen atoms in total. The molecule has 0 aliphatic carbocycles. The predicted octanol–water partition coefficient (Wildman–Crippen LogP) is 4.80. The zero-order valence-corrected chi connectivity index (χ0v) is 27.4. The first-order valence-electron chi connectivity index (χ1n) is 15.7. The maximum absolute atomic E-state index is 12.9. The monoisotopic (exact) mass is 706 g/mol. The summed E-state index contributed by atoms with van der Waals surface area (Å²) >= 11 is 1.01. The number of aromatic nitrogens is 4. The van der Waals surface area contributed by atoms with Crippen LogP contribution in [0, 0.1) is 11.3 Å². The number of aliphatic hydroxyl groups is 2. The summed E-state index contributed by atoms with van der Waals surface area (Å²) in [6, 6.07) is 11.7. The molecule has 5 N–H and O–H groups in total. The van der Waals surface area contributed by atoms with Gasteiger partial charge < -0.3 is 30.5 Å². The minimum absolute atomic E-state index is 0.00797. The number of hydrogen-bond donors (Lipinski definition) is 5. The Labute approximate surface area is 288 Å². The van der Waals surface area contributed by atoms with Crippen LogP contribution in [0.15, 0.2) is 61.6 Å². The van der Waals surface area contributed by atoms with Gasteiger partial charge in [0.1, 0.15) is 45.9 Å². The standard InChI is InChI=1S/C34H33F3N8O4S/c1-2-30(48)43-29-4-3-22(15-39-29)33(49,18-46)17-45-24(14-38)10-20-9-21(28(47)12-27(20)45)16-44-7-5-23(6-8-44)42-31-26-11-25(13-34(35,36)37)50-32(26)41-19-40-31/h2-4,9-12,15,19,23,46-47,49H,1,5-8,13,16-18H2,(H,39,43,48)(H,40,41,42). The van der Waals surface area contributed by atoms with Crippen molar-refractivity contribution < 1.29 is 33.3 Å². The lowest BCUT2D eigenvalue weighted by Gasteiger charge is -2.32. The van der Waals surface area contributed by atoms with E-state index >= 15 is 0 Å². The van der Waals surface area contributed by atoms with E-state index in [1.54, 1.807) is 12.1 Å². The number of nitrogens with zero attached hydrogens (tertiary/aromatic N) is 6. The van der Waals surface area contributed by atoms with Crippen LogP contribution in [0.2, 0.25) is 0 Å². The number of nitriles is 1. The van der Waals surface area contributed by atoms with Crippen molar-refractivity contribution in [3.05, 3.63) is 83.3 Å². The second kappa shape index (κ2) is 14.0. The lowest BCUT2D eigenvalue weighted by Crippen LogP contribution is -2.38. The lowest BCUT2D eigenvalue weighted by atomic mass is 9.96. The summed E-state index contributed by atoms with van der Waals surface area (Å²) in [7, 11) is 0. The number of amides is 1. The SMILES string of the molecule is C=CC(=O)Nc1ccc(C(O)(CO)Cn2c(C#N)cc3cc(CN4CCC(Nc5ncnc6sc(CC(F)(F)F)cc56)CC4)c(O)cc32)cn1. The number of fused-ring (bicyclic) bond motifs is 2. The number of thiophene rings is 1. The topological polar surface area (TPSA) is 172 Å². The number of anilines is 2. The van der Waals surface area contributed by atoms with Crippen molar-refractivity contribution in [2.45, 2.75) is 50.2 Å². The highest BCUT2D eigenvalue weighted by molar-refractivity contribution is 7.18. The molecule has 5 heterocycles. The van der Waals surface area contributed by atoms with Gasteiger partial charge in [0.25, 0.3) is 0 Å². The van der Waals surface area contributed by atoms with Gasteiger partial charge in [-0.3, -0.25) is 9.69 Å². The number of carbonyl (C=O) groups excluding carboxylic acids is 1. The van der Waals surface area contributed by atoms with Crippen LogP contribution in [0.4, 0.5) is 24.8 Å². The molecule has 6 rings (SSSR count). The fourth-order valence-corrected chi connectivity index (χ4v) is 7.15. The van der Waals surface area contributed by atoms with Gasteiger partial charge in [-0.15, -0.1) is 11.3 Å². The number of carbonyl (C=O) groups is 1. The molecule has 1 aliphatic rings. The summed E-state index contributed by atoms with van der Waals surface area (Å²) in [6.45, 7) is 4.28. The Balaban J connectivity index is 1.13. The van der Waals surface area contributed by atoms with Crippen LogP contribution >= 0.6 is 11.3 Å². The Bertz CT molecular complexity index is 2080. The number of alkyl halides is 3. The number of aliphatic hydroxyl groups excluding tert-OH is 1. The van der Waals surface area contributed by atoms with E-state index in [-0.39, 0.29) is 40.3 Å². The first-order valence-corrected chi connectivity index (χ1v) is 16.5. The average Bonchev–Trinajstić information content (AvgIpc) is 3.65. The molecule has 1 saturated heterocycles. The third kappa shape index (κ3) is 7.55. The fraction of sp³-hybridized carbons (Fsp3) is 0.324. The van der Waals surface area contributed by atoms with Crippen molar-refractivity contribution in [3.63, 3.8) is 0 Å². The molecule has 1 aliphatic heterocycles. The number of aromatic hydroxyl groups is 1. The number of rotatable bonds is 11. The van der Waals surface area contributed by atoms with Crippen LogP contribution in [0.25, 0.3) is 21.1 Å². The number of likely N-dealkylation sites (tertiary alicyclic amines) is 1. The molecule has 1 fully saturated rings. The maximum Gasteiger partial charge on any atom is 0.393 e. The Kier molecular flexibility index (Phi) is 9.76. The molecule has 1 amide bonds. The first kappa shape index (κ1) is 34.8. The summed E-state index contributed by atoms with van der Waals surface area (Å²) in [5.74, 6) is 0.296. The largest absolute Gasteiger partial charge is 0.508 e. The first-order chi connectivity index (χ1) is 23.9. The number of pyridine rings is 1. The fourth-order valence-electron chi connectivity index (χ4n) is 6.12. The minimum atomic E-state index is -4.30. The highest BCUT2D eigenvalue weighted by Gasteiger charge is 2.32. The van der Waals surface area contributed by atoms with Crippen LogP contribution in [0.3, 0.4) is 0 Å². The number of piperidine rings is 1. The van der Waals surface area contributed by atoms with E-state index < -0.39 is 30.7 Å². The van der Waals surface area contributed by atoms with Crippen LogP contribution in [0.5, 0.6) is 5.75 Å². The predicted molar refractivity (Wildman–Crippen MR) is 181 cm³/mol. The molecule has 0 radical (unpaired) electrons. The molecule has 0 bridgehead atoms. The normalized spacial score (nSPS) is 15.5. The van der Waals surface area contributed by atoms with Gasteiger partial charge in [-0.1, -0.05) is 12.6 Å². The quantitative estimate of drug-likeness (QED) is 0.120. The second-order valence-corrected chi connectivity index (χ2v) is 13.3. The average molecular weight is 707 g/mol. The Morgan fingerprint density at radius 3 is 2.60 bits per heavy atom. The molecular weight excluding hydrogens is 673 g/mol. The van der Waals surface area contributed by atoms with Crippen molar-refractivity contribution in [2.75, 3.05) is 30.3 Å². The van der Waals surface area contributed by atoms with E-state index in [0.29, 0.717) is 52.1 Å². The van der Waals surface area contributed by atoms with Crippen LogP contribution in [-0.2, 0) is 29.9 Å². The van der Waals surface area contributed by atoms with E-state index in [2.05, 4.69) is 43.1 Å². The van der Waals surface area contributed by atoms with Gasteiger partial charge in [-0.05, 0) is 43.2 Å². The second-order valence-electron chi connectivity index (χ2n) is 12.2. The number of halogens is 3. The summed E-state index contributed by atoms with van der Waals surface area (Å²) < 4.78 is 40.4. The Morgan fingerprint density at radius 1 is 1.16 bits per heavy atom. The van der Waals surface area contributed by atoms with Crippen molar-refractivity contribution in [1.82, 2.24) is 24.4 Å². The molecular formula is C34H33F3N8O4S. The van der Waals surface area contributed by atoms with Gasteiger partial charge in [0, 0.05) is 59.3 Å². The van der Waals surface area contributed by atoms with Crippen LogP contribution < -0.4 is 10.6 Å². The number of nitrogens with one attached hydrogen (secondary N) is 2. The Hall–Kier alpha value is -5.08. The molecule has 1 aromatic carbocycles. The zero-order chi connectivity index (χ0) is 35.6. The highest BCUT2D eigenvalue weighted by atomic mass is 32.1. The van der Waals surface area contributed by atoms with Crippen LogP contribution in [0.1, 0.15) is 34.5 Å². The summed E-state index contributed by atoms with van der Waals surface area (Å²) in [6.07, 6.45) is -0.0738. The molecule has 5 aromatic rings. The van der Waals surface area contributed by atoms with Crippen LogP contribution in [-0.4, -0.2) is 77.6 Å². The van der Waals surface area contributed by atoms with Crippen molar-refractivity contribution in [2.24, 2.45) is 0 Å². The highest BCUT2D eigenvalue weighted by Crippen LogP contribution is 2.35. The number of benzene rings is 1. The molecule has 16 heteroatoms. The molecule has 0 spiro atoms. The van der Waals surface area contributed by atoms with E-state index in [4.69, 9.17) is 0 Å². The van der Waals surface area contributed by atoms with E-state index in [1.807, 2.05) is 0 Å². The summed E-state index contributed by atoms with van der Waals surface area (Å²) in [5, 5.41) is 49.8. The van der Waals surface area contributed by atoms with E-state index in [9.17, 15) is 38.5 Å². The summed E-state index contributed by atoms with van der Waals surface area (Å²) in [4.78, 5) is 27.0. The molecule has 0 saturated carbocycles. The van der Waals surface area contributed by atoms with Crippen molar-refractivity contribution in [1.29, 1.82) is 5.26 Å². The van der Waals surface area contributed by atoms with Gasteiger partial charge in [0.15, 0.2) is 0 Å². The smallest absolute Gasteiger partial charge is 0.393 e. The van der Waals surface area contributed by atoms with Gasteiger partial charge in [-0.2, -0.15) is 18.4 Å². The van der Waals surface area contributed by atoms with Gasteiger partial charge in [0.2, 0.25) is 5.91 Å². The van der Waals surface area contributed by atoms with Crippen molar-refractivity contribution in [3.8, 4) is 11.8 Å². The Morgan fingerprint density at radius 2 is 1.94 bits per heavy atom. The molecule has 1 atom stereocenters. The third-order valence-corrected chi connectivity index (χ3v) is 9.76. The number of phenols is 1. The maximum atomic E-state index is 12.9. The number of phenolic OH excluding ortho intramolecular Hbond substituents is 1. The third-order valence-electron chi connectivity index (χ3n) is 8.71. The summed E-state index contributed by atoms with van der Waals surface area (Å²) in [5.41, 5.74) is -0.231. The lowest BCUT2D eigenvalue weighted by molar-refractivity contribution is -0.126. The van der Waals surface area contributed by atoms with Crippen molar-refractivity contribution >= 4 is 50.0 Å². The van der Waals surface area contributed by atoms with Gasteiger partial charge in [0.05, 0.1) is 30.5 Å². The molecule has 50 heavy (non-hydrogen) atoms. The van der Waals surface area contributed by atoms with E-state index in [0.717, 1.165) is 30.3 Å².